The van der Waals surface area contributed by atoms with Gasteiger partial charge in [-0.05, 0) is 67.3 Å². The minimum absolute atomic E-state index is 0.0312. The fourth-order valence-electron chi connectivity index (χ4n) is 4.49. The van der Waals surface area contributed by atoms with Crippen molar-refractivity contribution in [3.8, 4) is 0 Å². The third-order valence-corrected chi connectivity index (χ3v) is 5.13. The maximum atomic E-state index is 6.33. The zero-order valence-corrected chi connectivity index (χ0v) is 13.0. The molecule has 0 amide bonds. The SMILES string of the molecule is CC1(C)CC(CN)(N2CCCC2(C)C)C(C)(C)O1. The van der Waals surface area contributed by atoms with Crippen molar-refractivity contribution in [1.29, 1.82) is 0 Å². The molecule has 2 aliphatic rings. The summed E-state index contributed by atoms with van der Waals surface area (Å²) in [4.78, 5) is 2.63. The van der Waals surface area contributed by atoms with E-state index in [2.05, 4.69) is 46.4 Å². The molecule has 2 aliphatic heterocycles. The van der Waals surface area contributed by atoms with Gasteiger partial charge in [-0.3, -0.25) is 4.90 Å². The Kier molecular flexibility index (Phi) is 3.13. The molecular formula is C15H30N2O. The lowest BCUT2D eigenvalue weighted by molar-refractivity contribution is -0.114. The molecular weight excluding hydrogens is 224 g/mol. The van der Waals surface area contributed by atoms with Gasteiger partial charge in [-0.1, -0.05) is 0 Å². The molecule has 3 heteroatoms. The van der Waals surface area contributed by atoms with E-state index in [1.165, 1.54) is 12.8 Å². The summed E-state index contributed by atoms with van der Waals surface area (Å²) in [6.45, 7) is 15.3. The second kappa shape index (κ2) is 3.94. The van der Waals surface area contributed by atoms with Gasteiger partial charge in [-0.2, -0.15) is 0 Å². The molecule has 0 bridgehead atoms. The number of rotatable bonds is 2. The molecule has 0 aliphatic carbocycles. The first-order valence-corrected chi connectivity index (χ1v) is 7.24. The van der Waals surface area contributed by atoms with E-state index in [-0.39, 0.29) is 22.3 Å². The monoisotopic (exact) mass is 254 g/mol. The molecule has 1 unspecified atom stereocenters. The van der Waals surface area contributed by atoms with Gasteiger partial charge in [0.25, 0.3) is 0 Å². The highest BCUT2D eigenvalue weighted by atomic mass is 16.5. The standard InChI is InChI=1S/C15H30N2O/c1-12(2)8-7-9-17(12)15(11-16)10-13(3,4)18-14(15,5)6/h7-11,16H2,1-6H3. The molecule has 0 saturated carbocycles. The van der Waals surface area contributed by atoms with Gasteiger partial charge in [-0.25, -0.2) is 0 Å². The molecule has 2 saturated heterocycles. The zero-order chi connectivity index (χ0) is 13.8. The number of nitrogens with two attached hydrogens (primary N) is 1. The van der Waals surface area contributed by atoms with Gasteiger partial charge in [0.2, 0.25) is 0 Å². The van der Waals surface area contributed by atoms with Crippen LogP contribution in [0.15, 0.2) is 0 Å². The highest BCUT2D eigenvalue weighted by molar-refractivity contribution is 5.16. The van der Waals surface area contributed by atoms with Crippen LogP contribution in [0.25, 0.3) is 0 Å². The Hall–Kier alpha value is -0.120. The average Bonchev–Trinajstić information content (AvgIpc) is 2.60. The van der Waals surface area contributed by atoms with Crippen LogP contribution in [0.2, 0.25) is 0 Å². The molecule has 0 aromatic carbocycles. The fraction of sp³-hybridized carbons (Fsp3) is 1.00. The van der Waals surface area contributed by atoms with E-state index in [0.29, 0.717) is 6.54 Å². The topological polar surface area (TPSA) is 38.5 Å². The van der Waals surface area contributed by atoms with E-state index in [9.17, 15) is 0 Å². The molecule has 2 fully saturated rings. The third kappa shape index (κ3) is 1.91. The molecule has 0 spiro atoms. The first-order valence-electron chi connectivity index (χ1n) is 7.24. The molecule has 2 rings (SSSR count). The van der Waals surface area contributed by atoms with E-state index in [1.54, 1.807) is 0 Å². The minimum atomic E-state index is -0.188. The van der Waals surface area contributed by atoms with Gasteiger partial charge in [0.15, 0.2) is 0 Å². The molecule has 3 nitrogen and oxygen atoms in total. The largest absolute Gasteiger partial charge is 0.368 e. The van der Waals surface area contributed by atoms with Crippen LogP contribution in [-0.4, -0.2) is 40.3 Å². The van der Waals surface area contributed by atoms with Gasteiger partial charge in [0.1, 0.15) is 0 Å². The highest BCUT2D eigenvalue weighted by Gasteiger charge is 2.62. The average molecular weight is 254 g/mol. The summed E-state index contributed by atoms with van der Waals surface area (Å²) in [7, 11) is 0. The first kappa shape index (κ1) is 14.3. The molecule has 0 aromatic heterocycles. The van der Waals surface area contributed by atoms with Crippen LogP contribution < -0.4 is 5.73 Å². The van der Waals surface area contributed by atoms with Gasteiger partial charge in [-0.15, -0.1) is 0 Å². The van der Waals surface area contributed by atoms with Crippen LogP contribution in [0.1, 0.15) is 60.8 Å². The lowest BCUT2D eigenvalue weighted by Gasteiger charge is -2.51. The van der Waals surface area contributed by atoms with Crippen molar-refractivity contribution in [3.05, 3.63) is 0 Å². The van der Waals surface area contributed by atoms with Gasteiger partial charge >= 0.3 is 0 Å². The van der Waals surface area contributed by atoms with E-state index in [0.717, 1.165) is 13.0 Å². The summed E-state index contributed by atoms with van der Waals surface area (Å²) in [6, 6.07) is 0. The van der Waals surface area contributed by atoms with Crippen LogP contribution in [0, 0.1) is 0 Å². The first-order chi connectivity index (χ1) is 8.06. The van der Waals surface area contributed by atoms with Crippen LogP contribution in [0.5, 0.6) is 0 Å². The van der Waals surface area contributed by atoms with Crippen molar-refractivity contribution in [1.82, 2.24) is 4.90 Å². The number of nitrogens with zero attached hydrogens (tertiary/aromatic N) is 1. The van der Waals surface area contributed by atoms with Crippen molar-refractivity contribution in [2.24, 2.45) is 5.73 Å². The van der Waals surface area contributed by atoms with Gasteiger partial charge in [0.05, 0.1) is 16.7 Å². The summed E-state index contributed by atoms with van der Waals surface area (Å²) in [5.41, 5.74) is 6.18. The van der Waals surface area contributed by atoms with E-state index >= 15 is 0 Å². The molecule has 1 atom stereocenters. The summed E-state index contributed by atoms with van der Waals surface area (Å²) in [5, 5.41) is 0. The molecule has 18 heavy (non-hydrogen) atoms. The molecule has 0 aromatic rings. The van der Waals surface area contributed by atoms with Gasteiger partial charge in [0, 0.05) is 12.1 Å². The Morgan fingerprint density at radius 3 is 2.06 bits per heavy atom. The molecule has 106 valence electrons. The normalized spacial score (nSPS) is 38.2. The quantitative estimate of drug-likeness (QED) is 0.823. The molecule has 2 N–H and O–H groups in total. The van der Waals surface area contributed by atoms with Crippen molar-refractivity contribution in [2.45, 2.75) is 83.1 Å². The minimum Gasteiger partial charge on any atom is -0.368 e. The van der Waals surface area contributed by atoms with E-state index < -0.39 is 0 Å². The summed E-state index contributed by atoms with van der Waals surface area (Å²) in [5.74, 6) is 0. The fourth-order valence-corrected chi connectivity index (χ4v) is 4.49. The van der Waals surface area contributed by atoms with E-state index in [1.807, 2.05) is 0 Å². The molecule has 2 heterocycles. The maximum Gasteiger partial charge on any atom is 0.0830 e. The Morgan fingerprint density at radius 2 is 1.72 bits per heavy atom. The third-order valence-electron chi connectivity index (χ3n) is 5.13. The predicted octanol–water partition coefficient (Wildman–Crippen LogP) is 2.54. The zero-order valence-electron chi connectivity index (χ0n) is 13.0. The Morgan fingerprint density at radius 1 is 1.11 bits per heavy atom. The number of hydrogen-bond donors (Lipinski definition) is 1. The van der Waals surface area contributed by atoms with Crippen LogP contribution in [0.3, 0.4) is 0 Å². The maximum absolute atomic E-state index is 6.33. The Balaban J connectivity index is 2.43. The Bertz CT molecular complexity index is 335. The second-order valence-corrected chi connectivity index (χ2v) is 7.85. The number of hydrogen-bond acceptors (Lipinski definition) is 3. The predicted molar refractivity (Wildman–Crippen MR) is 75.7 cm³/mol. The lowest BCUT2D eigenvalue weighted by Crippen LogP contribution is -2.66. The van der Waals surface area contributed by atoms with Crippen molar-refractivity contribution in [3.63, 3.8) is 0 Å². The van der Waals surface area contributed by atoms with Crippen molar-refractivity contribution in [2.75, 3.05) is 13.1 Å². The highest BCUT2D eigenvalue weighted by Crippen LogP contribution is 2.51. The summed E-state index contributed by atoms with van der Waals surface area (Å²) >= 11 is 0. The van der Waals surface area contributed by atoms with Gasteiger partial charge < -0.3 is 10.5 Å². The summed E-state index contributed by atoms with van der Waals surface area (Å²) in [6.07, 6.45) is 3.55. The van der Waals surface area contributed by atoms with Crippen molar-refractivity contribution >= 4 is 0 Å². The van der Waals surface area contributed by atoms with Crippen LogP contribution >= 0.6 is 0 Å². The summed E-state index contributed by atoms with van der Waals surface area (Å²) < 4.78 is 6.33. The lowest BCUT2D eigenvalue weighted by atomic mass is 9.75. The van der Waals surface area contributed by atoms with E-state index in [4.69, 9.17) is 10.5 Å². The second-order valence-electron chi connectivity index (χ2n) is 7.85. The number of likely N-dealkylation sites (tertiary alicyclic amines) is 1. The van der Waals surface area contributed by atoms with Crippen LogP contribution in [0.4, 0.5) is 0 Å². The van der Waals surface area contributed by atoms with Crippen molar-refractivity contribution < 1.29 is 4.74 Å². The molecule has 0 radical (unpaired) electrons. The Labute approximate surface area is 112 Å². The van der Waals surface area contributed by atoms with Crippen LogP contribution in [-0.2, 0) is 4.74 Å². The number of ether oxygens (including phenoxy) is 1. The smallest absolute Gasteiger partial charge is 0.0830 e.